The van der Waals surface area contributed by atoms with E-state index < -0.39 is 21.2 Å². The van der Waals surface area contributed by atoms with Gasteiger partial charge in [0.15, 0.2) is 0 Å². The summed E-state index contributed by atoms with van der Waals surface area (Å²) >= 11 is 3.63. The summed E-state index contributed by atoms with van der Waals surface area (Å²) in [4.78, 5) is 0. The molecule has 13 heteroatoms. The number of benzene rings is 8. The Morgan fingerprint density at radius 2 is 0.675 bits per heavy atom. The summed E-state index contributed by atoms with van der Waals surface area (Å²) in [6, 6.07) is 68.8. The largest absolute Gasteiger partial charge is 0.494 e. The number of halogens is 2. The normalized spacial score (nSPS) is 18.3. The van der Waals surface area contributed by atoms with Crippen LogP contribution in [0.1, 0.15) is 84.5 Å². The lowest BCUT2D eigenvalue weighted by molar-refractivity contribution is 0.00578. The van der Waals surface area contributed by atoms with Gasteiger partial charge in [-0.05, 0) is 165 Å². The van der Waals surface area contributed by atoms with Crippen LogP contribution in [0.5, 0.6) is 0 Å². The zero-order valence-electron chi connectivity index (χ0n) is 49.0. The molecule has 80 heavy (non-hydrogen) atoms. The van der Waals surface area contributed by atoms with Gasteiger partial charge >= 0.3 is 21.1 Å². The number of aromatic nitrogens is 2. The summed E-state index contributed by atoms with van der Waals surface area (Å²) in [5.74, 6) is 0. The molecule has 3 aliphatic rings. The molecule has 0 aliphatic carbocycles. The minimum atomic E-state index is -1.00. The van der Waals surface area contributed by atoms with Crippen molar-refractivity contribution in [2.75, 3.05) is 7.15 Å². The molecule has 0 bridgehead atoms. The van der Waals surface area contributed by atoms with Crippen molar-refractivity contribution < 1.29 is 33.7 Å². The van der Waals surface area contributed by atoms with Crippen LogP contribution in [0.3, 0.4) is 0 Å². The van der Waals surface area contributed by atoms with E-state index in [1.807, 2.05) is 67.5 Å². The first-order chi connectivity index (χ1) is 38.4. The average molecular weight is 1130 g/mol. The molecular weight excluding hydrogens is 1060 g/mol. The number of fused-ring (bicyclic) bond motifs is 6. The van der Waals surface area contributed by atoms with Crippen molar-refractivity contribution in [3.63, 3.8) is 0 Å². The van der Waals surface area contributed by atoms with E-state index in [2.05, 4.69) is 235 Å². The van der Waals surface area contributed by atoms with E-state index in [0.717, 1.165) is 21.1 Å². The van der Waals surface area contributed by atoms with Crippen LogP contribution in [0, 0.1) is 0 Å². The van der Waals surface area contributed by atoms with Crippen LogP contribution in [0.15, 0.2) is 199 Å². The van der Waals surface area contributed by atoms with E-state index in [1.165, 1.54) is 66.0 Å². The molecule has 10 aromatic rings. The average Bonchev–Trinajstić information content (AvgIpc) is 4.34. The first-order valence-corrected chi connectivity index (χ1v) is 28.2. The lowest BCUT2D eigenvalue weighted by atomic mass is 9.49. The van der Waals surface area contributed by atoms with Gasteiger partial charge in [-0.25, -0.2) is 0 Å². The van der Waals surface area contributed by atoms with Gasteiger partial charge in [-0.15, -0.1) is 0 Å². The molecular formula is C67H71B3BrFN2O6. The third-order valence-electron chi connectivity index (χ3n) is 17.1. The van der Waals surface area contributed by atoms with Crippen molar-refractivity contribution in [2.45, 2.75) is 117 Å². The van der Waals surface area contributed by atoms with Crippen LogP contribution in [-0.4, -0.2) is 71.0 Å². The molecule has 2 aromatic heterocycles. The Labute approximate surface area is 482 Å². The number of alkyl halides is 1. The highest BCUT2D eigenvalue weighted by Gasteiger charge is 2.63. The first-order valence-electron chi connectivity index (χ1n) is 28.1. The highest BCUT2D eigenvalue weighted by atomic mass is 79.9. The third kappa shape index (κ3) is 10.7. The molecule has 3 fully saturated rings. The second-order valence-corrected chi connectivity index (χ2v) is 24.7. The van der Waals surface area contributed by atoms with Gasteiger partial charge in [0.2, 0.25) is 0 Å². The fourth-order valence-electron chi connectivity index (χ4n) is 10.5. The monoisotopic (exact) mass is 1130 g/mol. The highest BCUT2D eigenvalue weighted by molar-refractivity contribution is 9.10. The smallest absolute Gasteiger partial charge is 0.405 e. The quantitative estimate of drug-likeness (QED) is 0.155. The standard InChI is InChI=1S/C30H28BNO2.C24H16BrN.C12H24B2O4.CH3F/c1-29(2)30(3,4)34-31(33-29)23-16-19-26-25-12-8-9-13-27(25)32(28(26)20-23)24-17-14-22(15-18-24)21-10-6-5-7-11-21;25-19-12-15-22-21-8-4-5-9-23(21)26(24(22)16-19)20-13-10-18(11-14-20)17-6-2-1-3-7-17;1-9(2)10(3,4)16-13(15-9)14-17-11(5,6)12(7,8)18-14;1-2/h5-20H,1-4H3;1-16H;1-8H3;1H3/i;;;1D. The maximum atomic E-state index is 9.96. The maximum absolute atomic E-state index is 9.96. The molecule has 5 heterocycles. The van der Waals surface area contributed by atoms with E-state index in [-0.39, 0.29) is 40.7 Å². The number of hydrogen-bond donors (Lipinski definition) is 0. The lowest BCUT2D eigenvalue weighted by Crippen LogP contribution is -2.41. The molecule has 3 aliphatic heterocycles. The van der Waals surface area contributed by atoms with Crippen LogP contribution >= 0.6 is 15.9 Å². The van der Waals surface area contributed by atoms with Gasteiger partial charge in [0.1, 0.15) is 0 Å². The molecule has 0 amide bonds. The Hall–Kier alpha value is -6.28. The predicted octanol–water partition coefficient (Wildman–Crippen LogP) is 16.8. The Bertz CT molecular complexity index is 3750. The van der Waals surface area contributed by atoms with E-state index >= 15 is 0 Å². The van der Waals surface area contributed by atoms with Crippen molar-refractivity contribution in [3.8, 4) is 33.6 Å². The zero-order valence-corrected chi connectivity index (χ0v) is 49.6. The van der Waals surface area contributed by atoms with Gasteiger partial charge in [-0.2, -0.15) is 0 Å². The molecule has 3 saturated heterocycles. The molecule has 0 radical (unpaired) electrons. The van der Waals surface area contributed by atoms with E-state index in [9.17, 15) is 4.39 Å². The van der Waals surface area contributed by atoms with Crippen molar-refractivity contribution >= 4 is 86.1 Å². The molecule has 0 unspecified atom stereocenters. The molecule has 0 spiro atoms. The first kappa shape index (κ1) is 55.6. The summed E-state index contributed by atoms with van der Waals surface area (Å²) in [5, 5.41) is 5.02. The molecule has 8 aromatic carbocycles. The summed E-state index contributed by atoms with van der Waals surface area (Å²) < 4.78 is 57.8. The van der Waals surface area contributed by atoms with Crippen molar-refractivity contribution in [1.82, 2.24) is 9.13 Å². The fourth-order valence-corrected chi connectivity index (χ4v) is 10.8. The van der Waals surface area contributed by atoms with Crippen LogP contribution in [0.25, 0.3) is 77.2 Å². The van der Waals surface area contributed by atoms with Crippen molar-refractivity contribution in [3.05, 3.63) is 199 Å². The van der Waals surface area contributed by atoms with E-state index in [1.54, 1.807) is 0 Å². The third-order valence-corrected chi connectivity index (χ3v) is 17.6. The van der Waals surface area contributed by atoms with Gasteiger partial charge in [0, 0.05) is 37.4 Å². The van der Waals surface area contributed by atoms with Crippen LogP contribution < -0.4 is 5.46 Å². The van der Waals surface area contributed by atoms with Gasteiger partial charge < -0.3 is 37.1 Å². The summed E-state index contributed by atoms with van der Waals surface area (Å²) in [5.41, 5.74) is 10.9. The number of hydrogen-bond acceptors (Lipinski definition) is 6. The summed E-state index contributed by atoms with van der Waals surface area (Å²) in [6.45, 7) is 24.6. The Morgan fingerprint density at radius 3 is 1.07 bits per heavy atom. The highest BCUT2D eigenvalue weighted by Crippen LogP contribution is 2.44. The van der Waals surface area contributed by atoms with E-state index in [0.29, 0.717) is 0 Å². The second-order valence-electron chi connectivity index (χ2n) is 23.8. The maximum Gasteiger partial charge on any atom is 0.494 e. The van der Waals surface area contributed by atoms with Crippen LogP contribution in [-0.2, 0) is 27.9 Å². The number of nitrogens with zero attached hydrogens (tertiary/aromatic N) is 2. The predicted molar refractivity (Wildman–Crippen MR) is 335 cm³/mol. The Kier molecular flexibility index (Phi) is 15.2. The second kappa shape index (κ2) is 21.9. The SMILES string of the molecule is Brc1ccc2c3ccccc3n(-c3ccc(-c4ccccc4)cc3)c2c1.CC1(C)OB(B2OC(C)(C)C(C)(C)O2)OC1(C)C.CC1(C)OB(c2ccc3c4ccccc4n(-c4ccc(-c5ccccc5)cc4)c3c2)OC1(C)C.[2H]CF. The molecule has 0 atom stereocenters. The summed E-state index contributed by atoms with van der Waals surface area (Å²) in [6.07, 6.45) is 0. The van der Waals surface area contributed by atoms with E-state index in [4.69, 9.17) is 29.3 Å². The molecule has 0 N–H and O–H groups in total. The van der Waals surface area contributed by atoms with Crippen LogP contribution in [0.4, 0.5) is 4.39 Å². The molecule has 8 nitrogen and oxygen atoms in total. The number of rotatable bonds is 6. The molecule has 408 valence electrons. The van der Waals surface area contributed by atoms with Gasteiger partial charge in [-0.3, -0.25) is 4.39 Å². The lowest BCUT2D eigenvalue weighted by Gasteiger charge is -2.32. The topological polar surface area (TPSA) is 65.2 Å². The Balaban J connectivity index is 0.000000139. The summed E-state index contributed by atoms with van der Waals surface area (Å²) in [7, 11) is -2.34. The van der Waals surface area contributed by atoms with Gasteiger partial charge in [0.25, 0.3) is 0 Å². The van der Waals surface area contributed by atoms with Crippen molar-refractivity contribution in [1.29, 1.82) is 0 Å². The number of para-hydroxylation sites is 2. The van der Waals surface area contributed by atoms with Crippen molar-refractivity contribution in [2.24, 2.45) is 0 Å². The minimum Gasteiger partial charge on any atom is -0.405 e. The van der Waals surface area contributed by atoms with Gasteiger partial charge in [0.05, 0.1) is 64.2 Å². The fraction of sp³-hybridized carbons (Fsp3) is 0.284. The zero-order chi connectivity index (χ0) is 57.7. The molecule has 0 saturated carbocycles. The molecule has 13 rings (SSSR count). The Morgan fingerprint density at radius 1 is 0.362 bits per heavy atom. The minimum absolute atomic E-state index is 0.360. The van der Waals surface area contributed by atoms with Gasteiger partial charge in [-0.1, -0.05) is 155 Å². The van der Waals surface area contributed by atoms with Crippen LogP contribution in [0.2, 0.25) is 0 Å².